The van der Waals surface area contributed by atoms with Crippen LogP contribution in [0, 0.1) is 0 Å². The van der Waals surface area contributed by atoms with Crippen LogP contribution in [-0.4, -0.2) is 46.3 Å². The maximum absolute atomic E-state index is 10.8. The molecule has 1 aromatic heterocycles. The van der Waals surface area contributed by atoms with Gasteiger partial charge in [-0.2, -0.15) is 5.10 Å². The van der Waals surface area contributed by atoms with Gasteiger partial charge in [0, 0.05) is 24.6 Å². The minimum atomic E-state index is -0.990. The molecule has 0 saturated carbocycles. The van der Waals surface area contributed by atoms with Crippen LogP contribution in [0.4, 0.5) is 0 Å². The monoisotopic (exact) mass is 257 g/mol. The maximum Gasteiger partial charge on any atom is 0.353 e. The maximum atomic E-state index is 10.8. The molecule has 98 valence electrons. The summed E-state index contributed by atoms with van der Waals surface area (Å²) in [7, 11) is 2.10. The van der Waals surface area contributed by atoms with Gasteiger partial charge < -0.3 is 10.0 Å². The molecule has 1 aromatic carbocycles. The number of carbonyl (C=O) groups is 1. The van der Waals surface area contributed by atoms with E-state index in [4.69, 9.17) is 5.11 Å². The molecule has 19 heavy (non-hydrogen) atoms. The highest BCUT2D eigenvalue weighted by molar-refractivity contribution is 5.86. The normalized spacial score (nSPS) is 16.3. The summed E-state index contributed by atoms with van der Waals surface area (Å²) in [6.45, 7) is 2.15. The molecule has 0 amide bonds. The largest absolute Gasteiger partial charge is 0.477 e. The zero-order valence-electron chi connectivity index (χ0n) is 10.6. The van der Waals surface area contributed by atoms with Crippen molar-refractivity contribution in [2.75, 3.05) is 20.1 Å². The van der Waals surface area contributed by atoms with Gasteiger partial charge in [-0.05, 0) is 24.7 Å². The number of nitrogens with zero attached hydrogens (tertiary/aromatic N) is 2. The Balaban J connectivity index is 1.87. The zero-order valence-corrected chi connectivity index (χ0v) is 10.6. The van der Waals surface area contributed by atoms with Gasteiger partial charge in [0.25, 0.3) is 0 Å². The van der Waals surface area contributed by atoms with E-state index in [1.807, 2.05) is 12.1 Å². The molecule has 2 heterocycles. The van der Waals surface area contributed by atoms with Crippen molar-refractivity contribution >= 4 is 5.97 Å². The van der Waals surface area contributed by atoms with Gasteiger partial charge >= 0.3 is 5.97 Å². The molecule has 1 fully saturated rings. The number of H-pyrrole nitrogens is 1. The summed E-state index contributed by atoms with van der Waals surface area (Å²) in [6.07, 6.45) is 0. The lowest BCUT2D eigenvalue weighted by molar-refractivity contribution is 0.0690. The molecule has 0 spiro atoms. The number of likely N-dealkylation sites (N-methyl/N-ethyl adjacent to an activating group) is 1. The van der Waals surface area contributed by atoms with E-state index >= 15 is 0 Å². The van der Waals surface area contributed by atoms with Crippen LogP contribution in [0.25, 0.3) is 11.3 Å². The van der Waals surface area contributed by atoms with Crippen LogP contribution in [0.15, 0.2) is 30.3 Å². The third-order valence-electron chi connectivity index (χ3n) is 3.53. The number of aromatic nitrogens is 2. The molecule has 0 atom stereocenters. The van der Waals surface area contributed by atoms with E-state index in [9.17, 15) is 4.79 Å². The average molecular weight is 257 g/mol. The van der Waals surface area contributed by atoms with E-state index in [1.165, 1.54) is 5.56 Å². The third kappa shape index (κ3) is 2.24. The molecule has 2 aromatic rings. The van der Waals surface area contributed by atoms with Crippen molar-refractivity contribution in [3.8, 4) is 11.3 Å². The van der Waals surface area contributed by atoms with E-state index in [0.29, 0.717) is 11.6 Å². The lowest BCUT2D eigenvalue weighted by atomic mass is 9.90. The lowest BCUT2D eigenvalue weighted by Crippen LogP contribution is -2.41. The number of nitrogens with one attached hydrogen (secondary N) is 1. The van der Waals surface area contributed by atoms with Gasteiger partial charge in [0.1, 0.15) is 5.69 Å². The van der Waals surface area contributed by atoms with Gasteiger partial charge in [-0.3, -0.25) is 5.10 Å². The van der Waals surface area contributed by atoms with Crippen LogP contribution in [0.1, 0.15) is 22.0 Å². The van der Waals surface area contributed by atoms with E-state index in [1.54, 1.807) is 6.07 Å². The van der Waals surface area contributed by atoms with Gasteiger partial charge in [0.15, 0.2) is 0 Å². The molecule has 1 aliphatic heterocycles. The molecule has 3 rings (SSSR count). The van der Waals surface area contributed by atoms with Gasteiger partial charge in [0.05, 0.1) is 5.69 Å². The molecule has 0 radical (unpaired) electrons. The first-order valence-electron chi connectivity index (χ1n) is 6.21. The number of carboxylic acid groups (broad SMARTS) is 1. The summed E-state index contributed by atoms with van der Waals surface area (Å²) in [5.74, 6) is -0.418. The molecule has 0 aliphatic carbocycles. The third-order valence-corrected chi connectivity index (χ3v) is 3.53. The fourth-order valence-corrected chi connectivity index (χ4v) is 2.44. The molecule has 0 bridgehead atoms. The average Bonchev–Trinajstić information content (AvgIpc) is 2.85. The number of aromatic carboxylic acids is 1. The molecule has 5 heteroatoms. The predicted octanol–water partition coefficient (Wildman–Crippen LogP) is 1.80. The van der Waals surface area contributed by atoms with Gasteiger partial charge in [-0.15, -0.1) is 0 Å². The van der Waals surface area contributed by atoms with Gasteiger partial charge in [0.2, 0.25) is 0 Å². The Labute approximate surface area is 110 Å². The van der Waals surface area contributed by atoms with Crippen molar-refractivity contribution in [3.63, 3.8) is 0 Å². The zero-order chi connectivity index (χ0) is 13.4. The highest BCUT2D eigenvalue weighted by atomic mass is 16.4. The molecule has 2 N–H and O–H groups in total. The van der Waals surface area contributed by atoms with E-state index in [0.717, 1.165) is 18.7 Å². The van der Waals surface area contributed by atoms with Crippen LogP contribution < -0.4 is 0 Å². The van der Waals surface area contributed by atoms with Crippen LogP contribution in [-0.2, 0) is 0 Å². The van der Waals surface area contributed by atoms with Gasteiger partial charge in [-0.25, -0.2) is 4.79 Å². The van der Waals surface area contributed by atoms with Crippen LogP contribution in [0.5, 0.6) is 0 Å². The Bertz CT molecular complexity index is 615. The number of rotatable bonds is 3. The summed E-state index contributed by atoms with van der Waals surface area (Å²) in [5, 5.41) is 15.5. The van der Waals surface area contributed by atoms with Crippen molar-refractivity contribution in [3.05, 3.63) is 41.6 Å². The number of hydrogen-bond acceptors (Lipinski definition) is 3. The van der Waals surface area contributed by atoms with Crippen molar-refractivity contribution in [2.45, 2.75) is 5.92 Å². The minimum Gasteiger partial charge on any atom is -0.477 e. The fraction of sp³-hybridized carbons (Fsp3) is 0.286. The Hall–Kier alpha value is -2.14. The second-order valence-corrected chi connectivity index (χ2v) is 5.02. The quantitative estimate of drug-likeness (QED) is 0.879. The number of likely N-dealkylation sites (tertiary alicyclic amines) is 1. The smallest absolute Gasteiger partial charge is 0.353 e. The Morgan fingerprint density at radius 1 is 1.42 bits per heavy atom. The molecule has 0 unspecified atom stereocenters. The lowest BCUT2D eigenvalue weighted by Gasteiger charge is -2.36. The molecule has 1 aliphatic rings. The number of carboxylic acids is 1. The second-order valence-electron chi connectivity index (χ2n) is 5.02. The predicted molar refractivity (Wildman–Crippen MR) is 71.2 cm³/mol. The molecule has 5 nitrogen and oxygen atoms in total. The van der Waals surface area contributed by atoms with Crippen LogP contribution >= 0.6 is 0 Å². The standard InChI is InChI=1S/C14H15N3O2/c1-17-7-11(8-17)9-3-2-4-10(5-9)12-6-13(14(18)19)16-15-12/h2-6,11H,7-8H2,1H3,(H,15,16)(H,18,19). The van der Waals surface area contributed by atoms with Crippen LogP contribution in [0.2, 0.25) is 0 Å². The summed E-state index contributed by atoms with van der Waals surface area (Å²) in [5.41, 5.74) is 3.03. The number of hydrogen-bond donors (Lipinski definition) is 2. The first-order valence-corrected chi connectivity index (χ1v) is 6.21. The summed E-state index contributed by atoms with van der Waals surface area (Å²) in [4.78, 5) is 13.1. The van der Waals surface area contributed by atoms with Gasteiger partial charge in [-0.1, -0.05) is 18.2 Å². The summed E-state index contributed by atoms with van der Waals surface area (Å²) in [6, 6.07) is 9.73. The number of benzene rings is 1. The Morgan fingerprint density at radius 2 is 2.21 bits per heavy atom. The Kier molecular flexibility index (Phi) is 2.83. The molecule has 1 saturated heterocycles. The Morgan fingerprint density at radius 3 is 2.84 bits per heavy atom. The topological polar surface area (TPSA) is 69.2 Å². The van der Waals surface area contributed by atoms with E-state index in [-0.39, 0.29) is 5.69 Å². The fourth-order valence-electron chi connectivity index (χ4n) is 2.44. The van der Waals surface area contributed by atoms with E-state index < -0.39 is 5.97 Å². The van der Waals surface area contributed by atoms with Crippen molar-refractivity contribution in [1.29, 1.82) is 0 Å². The SMILES string of the molecule is CN1CC(c2cccc(-c3cc(C(=O)O)[nH]n3)c2)C1. The van der Waals surface area contributed by atoms with Crippen molar-refractivity contribution in [2.24, 2.45) is 0 Å². The molecular formula is C14H15N3O2. The molecular weight excluding hydrogens is 242 g/mol. The summed E-state index contributed by atoms with van der Waals surface area (Å²) < 4.78 is 0. The first kappa shape index (κ1) is 11.9. The second kappa shape index (κ2) is 4.51. The number of aromatic amines is 1. The van der Waals surface area contributed by atoms with Crippen LogP contribution in [0.3, 0.4) is 0 Å². The minimum absolute atomic E-state index is 0.115. The van der Waals surface area contributed by atoms with Crippen molar-refractivity contribution < 1.29 is 9.90 Å². The van der Waals surface area contributed by atoms with Crippen molar-refractivity contribution in [1.82, 2.24) is 15.1 Å². The first-order chi connectivity index (χ1) is 9.13. The van der Waals surface area contributed by atoms with E-state index in [2.05, 4.69) is 34.3 Å². The highest BCUT2D eigenvalue weighted by Gasteiger charge is 2.24. The summed E-state index contributed by atoms with van der Waals surface area (Å²) >= 11 is 0. The highest BCUT2D eigenvalue weighted by Crippen LogP contribution is 2.28.